The van der Waals surface area contributed by atoms with E-state index in [-0.39, 0.29) is 18.2 Å². The minimum Gasteiger partial charge on any atom is -0.467 e. The van der Waals surface area contributed by atoms with Crippen molar-refractivity contribution in [2.24, 2.45) is 0 Å². The van der Waals surface area contributed by atoms with E-state index in [1.807, 2.05) is 6.07 Å². The Bertz CT molecular complexity index is 972. The number of furan rings is 1. The monoisotopic (exact) mass is 416 g/mol. The van der Waals surface area contributed by atoms with Gasteiger partial charge < -0.3 is 15.1 Å². The fraction of sp³-hybridized carbons (Fsp3) is 0.143. The Kier molecular flexibility index (Phi) is 6.74. The second kappa shape index (κ2) is 9.44. The molecule has 3 aromatic rings. The third-order valence-corrected chi connectivity index (χ3v) is 4.77. The summed E-state index contributed by atoms with van der Waals surface area (Å²) in [7, 11) is 0. The van der Waals surface area contributed by atoms with Crippen LogP contribution in [0.25, 0.3) is 0 Å². The standard InChI is InChI=1S/C21H18Cl2N2O3/c22-18-7-6-14(10-19(18)23)11-20(26)24-12-15-3-1-4-16(9-15)21(27)25-13-17-5-2-8-28-17/h1-10H,11-13H2,(H,24,26)(H,25,27). The topological polar surface area (TPSA) is 71.3 Å². The normalized spacial score (nSPS) is 10.5. The Balaban J connectivity index is 1.52. The maximum absolute atomic E-state index is 12.3. The van der Waals surface area contributed by atoms with Crippen molar-refractivity contribution in [1.82, 2.24) is 10.6 Å². The summed E-state index contributed by atoms with van der Waals surface area (Å²) in [6, 6.07) is 15.8. The molecule has 0 saturated carbocycles. The summed E-state index contributed by atoms with van der Waals surface area (Å²) in [5.41, 5.74) is 2.12. The number of hydrogen-bond acceptors (Lipinski definition) is 3. The number of carbonyl (C=O) groups is 2. The number of nitrogens with one attached hydrogen (secondary N) is 2. The molecule has 0 atom stereocenters. The number of carbonyl (C=O) groups excluding carboxylic acids is 2. The molecule has 2 N–H and O–H groups in total. The Morgan fingerprint density at radius 3 is 2.46 bits per heavy atom. The van der Waals surface area contributed by atoms with Crippen LogP contribution in [0.2, 0.25) is 10.0 Å². The first kappa shape index (κ1) is 20.0. The Hall–Kier alpha value is -2.76. The first-order valence-electron chi connectivity index (χ1n) is 8.61. The molecule has 2 aromatic carbocycles. The van der Waals surface area contributed by atoms with Crippen LogP contribution in [-0.2, 0) is 24.3 Å². The van der Waals surface area contributed by atoms with Gasteiger partial charge in [0.2, 0.25) is 5.91 Å². The van der Waals surface area contributed by atoms with E-state index in [1.165, 1.54) is 0 Å². The van der Waals surface area contributed by atoms with Crippen LogP contribution in [0.3, 0.4) is 0 Å². The maximum Gasteiger partial charge on any atom is 0.251 e. The first-order chi connectivity index (χ1) is 13.5. The molecule has 0 unspecified atom stereocenters. The largest absolute Gasteiger partial charge is 0.467 e. The summed E-state index contributed by atoms with van der Waals surface area (Å²) in [6.07, 6.45) is 1.75. The molecule has 0 fully saturated rings. The van der Waals surface area contributed by atoms with Crippen molar-refractivity contribution >= 4 is 35.0 Å². The Morgan fingerprint density at radius 1 is 0.857 bits per heavy atom. The third kappa shape index (κ3) is 5.62. The molecule has 28 heavy (non-hydrogen) atoms. The average molecular weight is 417 g/mol. The van der Waals surface area contributed by atoms with Gasteiger partial charge in [0, 0.05) is 12.1 Å². The number of hydrogen-bond donors (Lipinski definition) is 2. The highest BCUT2D eigenvalue weighted by atomic mass is 35.5. The first-order valence-corrected chi connectivity index (χ1v) is 9.37. The molecule has 5 nitrogen and oxygen atoms in total. The highest BCUT2D eigenvalue weighted by molar-refractivity contribution is 6.42. The van der Waals surface area contributed by atoms with E-state index in [1.54, 1.807) is 54.8 Å². The van der Waals surface area contributed by atoms with Crippen molar-refractivity contribution in [2.75, 3.05) is 0 Å². The summed E-state index contributed by atoms with van der Waals surface area (Å²) >= 11 is 11.8. The molecule has 0 aliphatic carbocycles. The summed E-state index contributed by atoms with van der Waals surface area (Å²) in [6.45, 7) is 0.635. The van der Waals surface area contributed by atoms with Crippen molar-refractivity contribution < 1.29 is 14.0 Å². The van der Waals surface area contributed by atoms with Gasteiger partial charge in [0.15, 0.2) is 0 Å². The van der Waals surface area contributed by atoms with Crippen LogP contribution in [0.15, 0.2) is 65.3 Å². The second-order valence-electron chi connectivity index (χ2n) is 6.16. The van der Waals surface area contributed by atoms with E-state index >= 15 is 0 Å². The zero-order valence-electron chi connectivity index (χ0n) is 14.9. The van der Waals surface area contributed by atoms with Gasteiger partial charge in [0.1, 0.15) is 5.76 Å². The van der Waals surface area contributed by atoms with Gasteiger partial charge in [-0.05, 0) is 47.5 Å². The van der Waals surface area contributed by atoms with Crippen molar-refractivity contribution in [3.63, 3.8) is 0 Å². The van der Waals surface area contributed by atoms with Gasteiger partial charge in [-0.25, -0.2) is 0 Å². The van der Waals surface area contributed by atoms with Crippen LogP contribution >= 0.6 is 23.2 Å². The highest BCUT2D eigenvalue weighted by Gasteiger charge is 2.09. The van der Waals surface area contributed by atoms with Gasteiger partial charge >= 0.3 is 0 Å². The van der Waals surface area contributed by atoms with Crippen molar-refractivity contribution in [3.8, 4) is 0 Å². The van der Waals surface area contributed by atoms with Gasteiger partial charge in [-0.2, -0.15) is 0 Å². The number of benzene rings is 2. The lowest BCUT2D eigenvalue weighted by molar-refractivity contribution is -0.120. The summed E-state index contributed by atoms with van der Waals surface area (Å²) in [5.74, 6) is 0.325. The summed E-state index contributed by atoms with van der Waals surface area (Å²) in [5, 5.41) is 6.50. The van der Waals surface area contributed by atoms with Gasteiger partial charge in [-0.1, -0.05) is 41.4 Å². The fourth-order valence-electron chi connectivity index (χ4n) is 2.60. The number of rotatable bonds is 7. The molecule has 0 bridgehead atoms. The van der Waals surface area contributed by atoms with Crippen molar-refractivity contribution in [1.29, 1.82) is 0 Å². The molecule has 0 aliphatic rings. The van der Waals surface area contributed by atoms with E-state index in [2.05, 4.69) is 10.6 Å². The minimum atomic E-state index is -0.208. The minimum absolute atomic E-state index is 0.147. The Morgan fingerprint density at radius 2 is 1.71 bits per heavy atom. The lowest BCUT2D eigenvalue weighted by Crippen LogP contribution is -2.25. The van der Waals surface area contributed by atoms with Crippen LogP contribution < -0.4 is 10.6 Å². The molecule has 2 amide bonds. The van der Waals surface area contributed by atoms with Gasteiger partial charge in [0.05, 0.1) is 29.3 Å². The van der Waals surface area contributed by atoms with E-state index in [0.29, 0.717) is 34.5 Å². The molecule has 144 valence electrons. The fourth-order valence-corrected chi connectivity index (χ4v) is 2.92. The highest BCUT2D eigenvalue weighted by Crippen LogP contribution is 2.22. The zero-order chi connectivity index (χ0) is 19.9. The number of halogens is 2. The molecule has 7 heteroatoms. The van der Waals surface area contributed by atoms with Crippen LogP contribution in [0, 0.1) is 0 Å². The molecule has 1 heterocycles. The van der Waals surface area contributed by atoms with E-state index < -0.39 is 0 Å². The zero-order valence-corrected chi connectivity index (χ0v) is 16.4. The van der Waals surface area contributed by atoms with Gasteiger partial charge in [-0.15, -0.1) is 0 Å². The quantitative estimate of drug-likeness (QED) is 0.600. The average Bonchev–Trinajstić information content (AvgIpc) is 3.21. The molecule has 0 spiro atoms. The molecule has 3 rings (SSSR count). The SMILES string of the molecule is O=C(Cc1ccc(Cl)c(Cl)c1)NCc1cccc(C(=O)NCc2ccco2)c1. The molecule has 0 saturated heterocycles. The summed E-state index contributed by atoms with van der Waals surface area (Å²) < 4.78 is 5.19. The van der Waals surface area contributed by atoms with Crippen molar-refractivity contribution in [2.45, 2.75) is 19.5 Å². The van der Waals surface area contributed by atoms with Crippen molar-refractivity contribution in [3.05, 3.63) is 93.4 Å². The second-order valence-corrected chi connectivity index (χ2v) is 6.98. The summed E-state index contributed by atoms with van der Waals surface area (Å²) in [4.78, 5) is 24.4. The predicted molar refractivity (Wildman–Crippen MR) is 108 cm³/mol. The van der Waals surface area contributed by atoms with Crippen LogP contribution in [-0.4, -0.2) is 11.8 Å². The van der Waals surface area contributed by atoms with E-state index in [9.17, 15) is 9.59 Å². The smallest absolute Gasteiger partial charge is 0.251 e. The van der Waals surface area contributed by atoms with Crippen LogP contribution in [0.4, 0.5) is 0 Å². The lowest BCUT2D eigenvalue weighted by Gasteiger charge is -2.08. The molecular formula is C21H18Cl2N2O3. The molecular weight excluding hydrogens is 399 g/mol. The van der Waals surface area contributed by atoms with Gasteiger partial charge in [-0.3, -0.25) is 9.59 Å². The lowest BCUT2D eigenvalue weighted by atomic mass is 10.1. The predicted octanol–water partition coefficient (Wildman–Crippen LogP) is 4.38. The van der Waals surface area contributed by atoms with E-state index in [4.69, 9.17) is 27.6 Å². The third-order valence-electron chi connectivity index (χ3n) is 4.03. The molecule has 0 aliphatic heterocycles. The van der Waals surface area contributed by atoms with E-state index in [0.717, 1.165) is 11.1 Å². The van der Waals surface area contributed by atoms with Crippen LogP contribution in [0.1, 0.15) is 27.2 Å². The molecule has 0 radical (unpaired) electrons. The maximum atomic E-state index is 12.3. The van der Waals surface area contributed by atoms with Crippen LogP contribution in [0.5, 0.6) is 0 Å². The number of amides is 2. The Labute approximate surface area is 172 Å². The molecule has 1 aromatic heterocycles. The van der Waals surface area contributed by atoms with Gasteiger partial charge in [0.25, 0.3) is 5.91 Å².